The quantitative estimate of drug-likeness (QED) is 0.834. The summed E-state index contributed by atoms with van der Waals surface area (Å²) < 4.78 is 18.4. The topological polar surface area (TPSA) is 54.5 Å². The van der Waals surface area contributed by atoms with Crippen LogP contribution in [0.1, 0.15) is 0 Å². The van der Waals surface area contributed by atoms with Gasteiger partial charge in [-0.2, -0.15) is 0 Å². The van der Waals surface area contributed by atoms with E-state index in [1.807, 2.05) is 0 Å². The van der Waals surface area contributed by atoms with Gasteiger partial charge in [0.25, 0.3) is 0 Å². The first-order chi connectivity index (χ1) is 8.27. The standard InChI is InChI=1S/C11H14FN3O2/c12-9-2-1-3-13-11(9)14-8-10(16)15-4-6-17-7-5-15/h1-3H,4-8H2,(H,13,14). The molecule has 1 N–H and O–H groups in total. The maximum atomic E-state index is 13.2. The lowest BCUT2D eigenvalue weighted by Crippen LogP contribution is -2.43. The van der Waals surface area contributed by atoms with E-state index in [-0.39, 0.29) is 18.3 Å². The van der Waals surface area contributed by atoms with Gasteiger partial charge in [-0.15, -0.1) is 0 Å². The highest BCUT2D eigenvalue weighted by Crippen LogP contribution is 2.08. The van der Waals surface area contributed by atoms with Crippen LogP contribution in [0, 0.1) is 5.82 Å². The minimum atomic E-state index is -0.456. The van der Waals surface area contributed by atoms with Gasteiger partial charge in [-0.3, -0.25) is 4.79 Å². The lowest BCUT2D eigenvalue weighted by atomic mass is 10.4. The van der Waals surface area contributed by atoms with Crippen LogP contribution in [-0.2, 0) is 9.53 Å². The zero-order chi connectivity index (χ0) is 12.1. The van der Waals surface area contributed by atoms with Crippen molar-refractivity contribution in [2.45, 2.75) is 0 Å². The number of nitrogens with zero attached hydrogens (tertiary/aromatic N) is 2. The summed E-state index contributed by atoms with van der Waals surface area (Å²) in [6.07, 6.45) is 1.48. The number of hydrogen-bond acceptors (Lipinski definition) is 4. The predicted molar refractivity (Wildman–Crippen MR) is 60.1 cm³/mol. The van der Waals surface area contributed by atoms with E-state index < -0.39 is 5.82 Å². The Morgan fingerprint density at radius 1 is 1.53 bits per heavy atom. The number of morpholine rings is 1. The number of carbonyl (C=O) groups is 1. The summed E-state index contributed by atoms with van der Waals surface area (Å²) >= 11 is 0. The van der Waals surface area contributed by atoms with E-state index in [4.69, 9.17) is 4.74 Å². The summed E-state index contributed by atoms with van der Waals surface area (Å²) in [7, 11) is 0. The van der Waals surface area contributed by atoms with Gasteiger partial charge >= 0.3 is 0 Å². The summed E-state index contributed by atoms with van der Waals surface area (Å²) in [5, 5.41) is 2.69. The van der Waals surface area contributed by atoms with Crippen LogP contribution in [0.25, 0.3) is 0 Å². The Kier molecular flexibility index (Phi) is 3.87. The molecule has 1 aliphatic rings. The van der Waals surface area contributed by atoms with Gasteiger partial charge in [0.15, 0.2) is 11.6 Å². The van der Waals surface area contributed by atoms with Crippen LogP contribution in [0.3, 0.4) is 0 Å². The molecule has 0 saturated carbocycles. The van der Waals surface area contributed by atoms with Gasteiger partial charge in [-0.05, 0) is 12.1 Å². The molecule has 1 fully saturated rings. The van der Waals surface area contributed by atoms with Crippen LogP contribution in [-0.4, -0.2) is 48.6 Å². The number of nitrogens with one attached hydrogen (secondary N) is 1. The molecule has 0 aromatic carbocycles. The second-order valence-corrected chi connectivity index (χ2v) is 3.68. The molecule has 1 saturated heterocycles. The molecule has 1 amide bonds. The maximum Gasteiger partial charge on any atom is 0.242 e. The summed E-state index contributed by atoms with van der Waals surface area (Å²) in [5.74, 6) is -0.422. The molecule has 92 valence electrons. The Bertz CT molecular complexity index is 394. The van der Waals surface area contributed by atoms with E-state index in [0.29, 0.717) is 26.3 Å². The first kappa shape index (κ1) is 11.8. The largest absolute Gasteiger partial charge is 0.378 e. The Morgan fingerprint density at radius 3 is 3.00 bits per heavy atom. The number of hydrogen-bond donors (Lipinski definition) is 1. The van der Waals surface area contributed by atoms with E-state index in [0.717, 1.165) is 0 Å². The second kappa shape index (κ2) is 5.58. The SMILES string of the molecule is O=C(CNc1ncccc1F)N1CCOCC1. The molecule has 0 aliphatic carbocycles. The molecular formula is C11H14FN3O2. The predicted octanol–water partition coefficient (Wildman–Crippen LogP) is 0.491. The monoisotopic (exact) mass is 239 g/mol. The zero-order valence-corrected chi connectivity index (χ0v) is 9.36. The third-order valence-corrected chi connectivity index (χ3v) is 2.53. The van der Waals surface area contributed by atoms with Crippen LogP contribution in [0.15, 0.2) is 18.3 Å². The van der Waals surface area contributed by atoms with Gasteiger partial charge in [0.05, 0.1) is 19.8 Å². The van der Waals surface area contributed by atoms with Crippen LogP contribution in [0.5, 0.6) is 0 Å². The Balaban J connectivity index is 1.85. The smallest absolute Gasteiger partial charge is 0.242 e. The third kappa shape index (κ3) is 3.13. The van der Waals surface area contributed by atoms with Crippen molar-refractivity contribution in [3.63, 3.8) is 0 Å². The van der Waals surface area contributed by atoms with Gasteiger partial charge in [0, 0.05) is 19.3 Å². The van der Waals surface area contributed by atoms with Crippen molar-refractivity contribution in [2.24, 2.45) is 0 Å². The molecule has 0 bridgehead atoms. The first-order valence-corrected chi connectivity index (χ1v) is 5.47. The molecule has 0 spiro atoms. The summed E-state index contributed by atoms with van der Waals surface area (Å²) in [6, 6.07) is 2.80. The second-order valence-electron chi connectivity index (χ2n) is 3.68. The molecule has 0 radical (unpaired) electrons. The van der Waals surface area contributed by atoms with Gasteiger partial charge in [-0.1, -0.05) is 0 Å². The molecular weight excluding hydrogens is 225 g/mol. The highest BCUT2D eigenvalue weighted by molar-refractivity contribution is 5.80. The zero-order valence-electron chi connectivity index (χ0n) is 9.36. The van der Waals surface area contributed by atoms with Crippen molar-refractivity contribution < 1.29 is 13.9 Å². The van der Waals surface area contributed by atoms with E-state index >= 15 is 0 Å². The molecule has 17 heavy (non-hydrogen) atoms. The molecule has 2 heterocycles. The van der Waals surface area contributed by atoms with Gasteiger partial charge in [0.2, 0.25) is 5.91 Å². The minimum Gasteiger partial charge on any atom is -0.378 e. The number of rotatable bonds is 3. The van der Waals surface area contributed by atoms with Crippen LogP contribution >= 0.6 is 0 Å². The van der Waals surface area contributed by atoms with E-state index in [2.05, 4.69) is 10.3 Å². The third-order valence-electron chi connectivity index (χ3n) is 2.53. The number of ether oxygens (including phenoxy) is 1. The normalized spacial score (nSPS) is 15.7. The van der Waals surface area contributed by atoms with Gasteiger partial charge in [0.1, 0.15) is 0 Å². The average Bonchev–Trinajstić information content (AvgIpc) is 2.38. The lowest BCUT2D eigenvalue weighted by Gasteiger charge is -2.26. The fourth-order valence-electron chi connectivity index (χ4n) is 1.60. The van der Waals surface area contributed by atoms with Crippen molar-refractivity contribution in [1.82, 2.24) is 9.88 Å². The minimum absolute atomic E-state index is 0.0495. The number of amides is 1. The number of anilines is 1. The number of carbonyl (C=O) groups excluding carboxylic acids is 1. The highest BCUT2D eigenvalue weighted by Gasteiger charge is 2.16. The van der Waals surface area contributed by atoms with E-state index in [1.54, 1.807) is 4.90 Å². The van der Waals surface area contributed by atoms with Crippen molar-refractivity contribution in [3.8, 4) is 0 Å². The van der Waals surface area contributed by atoms with E-state index in [9.17, 15) is 9.18 Å². The van der Waals surface area contributed by atoms with Crippen LogP contribution in [0.2, 0.25) is 0 Å². The number of halogens is 1. The fourth-order valence-corrected chi connectivity index (χ4v) is 1.60. The fraction of sp³-hybridized carbons (Fsp3) is 0.455. The summed E-state index contributed by atoms with van der Waals surface area (Å²) in [4.78, 5) is 17.2. The van der Waals surface area contributed by atoms with Gasteiger partial charge in [-0.25, -0.2) is 9.37 Å². The molecule has 1 aromatic heterocycles. The van der Waals surface area contributed by atoms with E-state index in [1.165, 1.54) is 18.3 Å². The molecule has 1 aliphatic heterocycles. The van der Waals surface area contributed by atoms with Crippen LogP contribution in [0.4, 0.5) is 10.2 Å². The molecule has 5 nitrogen and oxygen atoms in total. The van der Waals surface area contributed by atoms with Crippen LogP contribution < -0.4 is 5.32 Å². The maximum absolute atomic E-state index is 13.2. The van der Waals surface area contributed by atoms with Crippen molar-refractivity contribution in [3.05, 3.63) is 24.1 Å². The number of pyridine rings is 1. The molecule has 0 atom stereocenters. The van der Waals surface area contributed by atoms with Crippen molar-refractivity contribution in [2.75, 3.05) is 38.2 Å². The van der Waals surface area contributed by atoms with Crippen molar-refractivity contribution in [1.29, 1.82) is 0 Å². The average molecular weight is 239 g/mol. The van der Waals surface area contributed by atoms with Crippen molar-refractivity contribution >= 4 is 11.7 Å². The number of aromatic nitrogens is 1. The highest BCUT2D eigenvalue weighted by atomic mass is 19.1. The Morgan fingerprint density at radius 2 is 2.29 bits per heavy atom. The molecule has 1 aromatic rings. The molecule has 0 unspecified atom stereocenters. The Labute approximate surface area is 98.6 Å². The molecule has 6 heteroatoms. The first-order valence-electron chi connectivity index (χ1n) is 5.47. The Hall–Kier alpha value is -1.69. The summed E-state index contributed by atoms with van der Waals surface area (Å²) in [5.41, 5.74) is 0. The summed E-state index contributed by atoms with van der Waals surface area (Å²) in [6.45, 7) is 2.34. The lowest BCUT2D eigenvalue weighted by molar-refractivity contribution is -0.133. The molecule has 2 rings (SSSR count). The van der Waals surface area contributed by atoms with Gasteiger partial charge < -0.3 is 15.0 Å².